The van der Waals surface area contributed by atoms with Crippen molar-refractivity contribution in [1.82, 2.24) is 4.90 Å². The minimum Gasteiger partial charge on any atom is -0.463 e. The lowest BCUT2D eigenvalue weighted by atomic mass is 10.1. The van der Waals surface area contributed by atoms with Crippen molar-refractivity contribution in [3.05, 3.63) is 0 Å². The summed E-state index contributed by atoms with van der Waals surface area (Å²) in [5, 5.41) is 0.644. The minimum atomic E-state index is -0.394. The number of carbonyl (C=O) groups excluding carboxylic acids is 3. The second kappa shape index (κ2) is 27.1. The van der Waals surface area contributed by atoms with Crippen LogP contribution in [-0.2, 0) is 42.7 Å². The Balaban J connectivity index is 0.00000667. The average molecular weight is 568 g/mol. The molecule has 1 rings (SSSR count). The summed E-state index contributed by atoms with van der Waals surface area (Å²) >= 11 is 1.86. The maximum atomic E-state index is 12.0. The fourth-order valence-corrected chi connectivity index (χ4v) is 3.78. The molecule has 1 aliphatic rings. The van der Waals surface area contributed by atoms with Gasteiger partial charge >= 0.3 is 12.1 Å². The van der Waals surface area contributed by atoms with Crippen LogP contribution >= 0.6 is 11.8 Å². The third-order valence-corrected chi connectivity index (χ3v) is 6.28. The number of esters is 1. The third kappa shape index (κ3) is 22.5. The van der Waals surface area contributed by atoms with Gasteiger partial charge in [-0.3, -0.25) is 4.79 Å². The summed E-state index contributed by atoms with van der Waals surface area (Å²) in [6.07, 6.45) is 4.19. The van der Waals surface area contributed by atoms with Crippen molar-refractivity contribution in [1.29, 1.82) is 0 Å². The number of likely N-dealkylation sites (tertiary alicyclic amines) is 1. The summed E-state index contributed by atoms with van der Waals surface area (Å²) in [4.78, 5) is 35.8. The van der Waals surface area contributed by atoms with E-state index in [-0.39, 0.29) is 44.5 Å². The Labute approximate surface area is 232 Å². The van der Waals surface area contributed by atoms with Gasteiger partial charge in [-0.15, -0.1) is 0 Å². The lowest BCUT2D eigenvalue weighted by molar-refractivity contribution is -0.146. The topological polar surface area (TPSA) is 119 Å². The molecule has 1 heterocycles. The van der Waals surface area contributed by atoms with Gasteiger partial charge in [0.1, 0.15) is 19.0 Å². The first kappa shape index (κ1) is 36.6. The maximum Gasteiger partial charge on any atom is 0.409 e. The molecule has 0 aromatic rings. The molecule has 1 aliphatic heterocycles. The van der Waals surface area contributed by atoms with Crippen LogP contribution in [0, 0.1) is 0 Å². The molecule has 0 aliphatic carbocycles. The van der Waals surface area contributed by atoms with Gasteiger partial charge < -0.3 is 42.9 Å². The summed E-state index contributed by atoms with van der Waals surface area (Å²) in [7, 11) is 0. The van der Waals surface area contributed by atoms with Gasteiger partial charge in [0.15, 0.2) is 0 Å². The van der Waals surface area contributed by atoms with Crippen molar-refractivity contribution in [2.75, 3.05) is 98.6 Å². The number of piperidine rings is 1. The molecule has 0 unspecified atom stereocenters. The van der Waals surface area contributed by atoms with E-state index in [1.54, 1.807) is 4.90 Å². The molecule has 0 spiro atoms. The Kier molecular flexibility index (Phi) is 26.1. The second-order valence-corrected chi connectivity index (χ2v) is 9.16. The number of hydrogen-bond acceptors (Lipinski definition) is 11. The van der Waals surface area contributed by atoms with E-state index in [0.29, 0.717) is 64.7 Å². The first-order valence-corrected chi connectivity index (χ1v) is 14.8. The van der Waals surface area contributed by atoms with Crippen molar-refractivity contribution in [2.45, 2.75) is 51.7 Å². The van der Waals surface area contributed by atoms with E-state index in [1.807, 2.05) is 25.6 Å². The van der Waals surface area contributed by atoms with Crippen LogP contribution in [0.15, 0.2) is 0 Å². The van der Waals surface area contributed by atoms with Crippen molar-refractivity contribution >= 4 is 29.6 Å². The highest BCUT2D eigenvalue weighted by molar-refractivity contribution is 7.99. The minimum absolute atomic E-state index is 0.0353. The van der Waals surface area contributed by atoms with E-state index in [9.17, 15) is 14.4 Å². The first-order chi connectivity index (χ1) is 18.5. The molecule has 0 saturated carbocycles. The molecule has 0 bridgehead atoms. The zero-order valence-corrected chi connectivity index (χ0v) is 24.6. The smallest absolute Gasteiger partial charge is 0.409 e. The number of nitrogens with zero attached hydrogens (tertiary/aromatic N) is 1. The number of Topliss-reactive ketones (excluding diaryl/α,β-unsaturated/α-hetero) is 1. The van der Waals surface area contributed by atoms with E-state index in [4.69, 9.17) is 33.2 Å². The Morgan fingerprint density at radius 1 is 0.658 bits per heavy atom. The standard InChI is InChI=1S/C24H43NO10S.C2H6/c1-21(26)3-4-23(27)34-19-17-32-15-13-30-11-9-29-10-12-31-14-16-33-18-20-35-24(28)25-7-5-22(36-2)6-8-25;1-2/h22H,3-20H2,1-2H3;1-2H3. The van der Waals surface area contributed by atoms with E-state index in [1.165, 1.54) is 6.92 Å². The van der Waals surface area contributed by atoms with E-state index < -0.39 is 5.97 Å². The van der Waals surface area contributed by atoms with Crippen LogP contribution in [0.25, 0.3) is 0 Å². The van der Waals surface area contributed by atoms with Crippen LogP contribution in [0.5, 0.6) is 0 Å². The summed E-state index contributed by atoms with van der Waals surface area (Å²) in [5.74, 6) is -0.430. The van der Waals surface area contributed by atoms with Crippen molar-refractivity contribution in [3.8, 4) is 0 Å². The number of amides is 1. The molecule has 0 N–H and O–H groups in total. The molecule has 1 amide bonds. The van der Waals surface area contributed by atoms with E-state index in [0.717, 1.165) is 25.9 Å². The molecule has 0 radical (unpaired) electrons. The second-order valence-electron chi connectivity index (χ2n) is 8.02. The van der Waals surface area contributed by atoms with Gasteiger partial charge in [0, 0.05) is 24.8 Å². The van der Waals surface area contributed by atoms with E-state index in [2.05, 4.69) is 6.26 Å². The SMILES string of the molecule is CC.CSC1CCN(C(=O)OCCOCCOCCOCCOCCOCCOC(=O)CCC(C)=O)CC1. The fraction of sp³-hybridized carbons (Fsp3) is 0.885. The van der Waals surface area contributed by atoms with Crippen LogP contribution in [0.2, 0.25) is 0 Å². The molecule has 12 heteroatoms. The molecular weight excluding hydrogens is 518 g/mol. The Bertz CT molecular complexity index is 588. The highest BCUT2D eigenvalue weighted by atomic mass is 32.2. The molecule has 11 nitrogen and oxygen atoms in total. The monoisotopic (exact) mass is 567 g/mol. The maximum absolute atomic E-state index is 12.0. The third-order valence-electron chi connectivity index (χ3n) is 5.15. The van der Waals surface area contributed by atoms with Crippen LogP contribution in [0.1, 0.15) is 46.5 Å². The normalized spacial score (nSPS) is 13.5. The number of rotatable bonds is 22. The highest BCUT2D eigenvalue weighted by Crippen LogP contribution is 2.21. The summed E-state index contributed by atoms with van der Waals surface area (Å²) in [5.41, 5.74) is 0. The van der Waals surface area contributed by atoms with Crippen LogP contribution in [-0.4, -0.2) is 127 Å². The summed E-state index contributed by atoms with van der Waals surface area (Å²) in [6, 6.07) is 0. The van der Waals surface area contributed by atoms with Gasteiger partial charge in [0.25, 0.3) is 0 Å². The molecule has 1 saturated heterocycles. The van der Waals surface area contributed by atoms with Crippen molar-refractivity contribution in [3.63, 3.8) is 0 Å². The molecule has 38 heavy (non-hydrogen) atoms. The highest BCUT2D eigenvalue weighted by Gasteiger charge is 2.22. The predicted octanol–water partition coefficient (Wildman–Crippen LogP) is 2.97. The van der Waals surface area contributed by atoms with Gasteiger partial charge in [-0.05, 0) is 26.0 Å². The Morgan fingerprint density at radius 2 is 1.05 bits per heavy atom. The number of carbonyl (C=O) groups is 3. The summed E-state index contributed by atoms with van der Waals surface area (Å²) in [6.45, 7) is 11.5. The number of ether oxygens (including phenoxy) is 7. The predicted molar refractivity (Wildman–Crippen MR) is 146 cm³/mol. The molecular formula is C26H49NO10S. The van der Waals surface area contributed by atoms with Crippen molar-refractivity contribution in [2.24, 2.45) is 0 Å². The molecule has 0 aromatic heterocycles. The number of thioether (sulfide) groups is 1. The van der Waals surface area contributed by atoms with Gasteiger partial charge in [0.2, 0.25) is 0 Å². The number of hydrogen-bond donors (Lipinski definition) is 0. The van der Waals surface area contributed by atoms with Gasteiger partial charge in [-0.25, -0.2) is 4.79 Å². The van der Waals surface area contributed by atoms with Gasteiger partial charge in [-0.2, -0.15) is 11.8 Å². The largest absolute Gasteiger partial charge is 0.463 e. The van der Waals surface area contributed by atoms with Gasteiger partial charge in [0.05, 0.1) is 72.5 Å². The van der Waals surface area contributed by atoms with E-state index >= 15 is 0 Å². The van der Waals surface area contributed by atoms with Crippen molar-refractivity contribution < 1.29 is 47.5 Å². The van der Waals surface area contributed by atoms with Crippen LogP contribution in [0.3, 0.4) is 0 Å². The molecule has 1 fully saturated rings. The molecule has 224 valence electrons. The Morgan fingerprint density at radius 3 is 1.45 bits per heavy atom. The lowest BCUT2D eigenvalue weighted by Gasteiger charge is -2.30. The molecule has 0 aromatic carbocycles. The lowest BCUT2D eigenvalue weighted by Crippen LogP contribution is -2.39. The van der Waals surface area contributed by atoms with Gasteiger partial charge in [-0.1, -0.05) is 13.8 Å². The van der Waals surface area contributed by atoms with Crippen LogP contribution in [0.4, 0.5) is 4.79 Å². The Hall–Kier alpha value is -1.44. The number of ketones is 1. The zero-order valence-electron chi connectivity index (χ0n) is 23.7. The van der Waals surface area contributed by atoms with Crippen LogP contribution < -0.4 is 0 Å². The average Bonchev–Trinajstić information content (AvgIpc) is 2.94. The zero-order chi connectivity index (χ0) is 28.3. The molecule has 0 atom stereocenters. The quantitative estimate of drug-likeness (QED) is 0.142. The first-order valence-electron chi connectivity index (χ1n) is 13.5. The fourth-order valence-electron chi connectivity index (χ4n) is 3.10. The summed E-state index contributed by atoms with van der Waals surface area (Å²) < 4.78 is 37.1.